The van der Waals surface area contributed by atoms with Crippen LogP contribution >= 0.6 is 0 Å². The fraction of sp³-hybridized carbons (Fsp3) is 0.348. The molecule has 0 bridgehead atoms. The highest BCUT2D eigenvalue weighted by molar-refractivity contribution is 5.93. The molecule has 0 aliphatic heterocycles. The van der Waals surface area contributed by atoms with Crippen molar-refractivity contribution in [2.24, 2.45) is 5.92 Å². The van der Waals surface area contributed by atoms with Gasteiger partial charge in [-0.2, -0.15) is 0 Å². The third-order valence-corrected chi connectivity index (χ3v) is 5.05. The topological polar surface area (TPSA) is 64.0 Å². The number of nitrogens with zero attached hydrogens (tertiary/aromatic N) is 2. The number of aromatic nitrogens is 2. The van der Waals surface area contributed by atoms with Gasteiger partial charge in [0.2, 0.25) is 5.91 Å². The van der Waals surface area contributed by atoms with E-state index in [2.05, 4.69) is 10.3 Å². The first-order valence-corrected chi connectivity index (χ1v) is 10.1. The van der Waals surface area contributed by atoms with Gasteiger partial charge in [-0.1, -0.05) is 38.8 Å². The van der Waals surface area contributed by atoms with Crippen molar-refractivity contribution in [2.75, 3.05) is 5.32 Å². The Balaban J connectivity index is 2.01. The van der Waals surface area contributed by atoms with E-state index in [9.17, 15) is 14.0 Å². The third-order valence-electron chi connectivity index (χ3n) is 5.05. The number of carbonyl (C=O) groups is 1. The molecule has 1 aromatic heterocycles. The van der Waals surface area contributed by atoms with Crippen LogP contribution in [0.5, 0.6) is 0 Å². The van der Waals surface area contributed by atoms with Gasteiger partial charge in [0.05, 0.1) is 22.3 Å². The minimum Gasteiger partial charge on any atom is -0.323 e. The second kappa shape index (κ2) is 8.99. The highest BCUT2D eigenvalue weighted by Gasteiger charge is 2.19. The van der Waals surface area contributed by atoms with Crippen LogP contribution in [0.4, 0.5) is 10.1 Å². The van der Waals surface area contributed by atoms with Gasteiger partial charge in [0, 0.05) is 5.92 Å². The Morgan fingerprint density at radius 3 is 2.52 bits per heavy atom. The Labute approximate surface area is 169 Å². The minimum absolute atomic E-state index is 0.0733. The number of nitrogens with one attached hydrogen (secondary N) is 1. The summed E-state index contributed by atoms with van der Waals surface area (Å²) in [5.41, 5.74) is 0.921. The number of hydrogen-bond donors (Lipinski definition) is 1. The van der Waals surface area contributed by atoms with Crippen molar-refractivity contribution in [3.8, 4) is 5.69 Å². The molecular formula is C23H26FN3O2. The predicted molar refractivity (Wildman–Crippen MR) is 114 cm³/mol. The van der Waals surface area contributed by atoms with E-state index < -0.39 is 5.82 Å². The van der Waals surface area contributed by atoms with Crippen LogP contribution in [0, 0.1) is 18.7 Å². The molecule has 0 atom stereocenters. The summed E-state index contributed by atoms with van der Waals surface area (Å²) in [5, 5.41) is 3.20. The van der Waals surface area contributed by atoms with Crippen molar-refractivity contribution in [2.45, 2.75) is 46.5 Å². The van der Waals surface area contributed by atoms with Crippen LogP contribution in [0.25, 0.3) is 16.6 Å². The van der Waals surface area contributed by atoms with Crippen molar-refractivity contribution in [3.05, 3.63) is 64.5 Å². The van der Waals surface area contributed by atoms with E-state index in [1.165, 1.54) is 22.8 Å². The normalized spacial score (nSPS) is 11.2. The van der Waals surface area contributed by atoms with Crippen LogP contribution < -0.4 is 10.9 Å². The van der Waals surface area contributed by atoms with Gasteiger partial charge in [0.1, 0.15) is 11.6 Å². The fourth-order valence-electron chi connectivity index (χ4n) is 3.63. The second-order valence-electron chi connectivity index (χ2n) is 7.24. The zero-order chi connectivity index (χ0) is 21.0. The molecule has 0 unspecified atom stereocenters. The Bertz CT molecular complexity index is 1090. The SMILES string of the molecule is CCCC(CCC)C(=O)Nc1cc(-n2c(C)nc3ccccc3c2=O)ccc1F. The minimum atomic E-state index is -0.534. The maximum absolute atomic E-state index is 14.4. The van der Waals surface area contributed by atoms with Crippen LogP contribution in [0.15, 0.2) is 47.3 Å². The summed E-state index contributed by atoms with van der Waals surface area (Å²) in [4.78, 5) is 30.1. The zero-order valence-corrected chi connectivity index (χ0v) is 17.0. The summed E-state index contributed by atoms with van der Waals surface area (Å²) >= 11 is 0. The molecule has 0 spiro atoms. The first-order valence-electron chi connectivity index (χ1n) is 10.1. The van der Waals surface area contributed by atoms with E-state index in [0.717, 1.165) is 25.7 Å². The molecular weight excluding hydrogens is 369 g/mol. The summed E-state index contributed by atoms with van der Waals surface area (Å²) in [6.45, 7) is 5.78. The van der Waals surface area contributed by atoms with E-state index in [1.807, 2.05) is 19.9 Å². The van der Waals surface area contributed by atoms with Crippen molar-refractivity contribution >= 4 is 22.5 Å². The lowest BCUT2D eigenvalue weighted by atomic mass is 9.97. The van der Waals surface area contributed by atoms with Crippen molar-refractivity contribution in [3.63, 3.8) is 0 Å². The van der Waals surface area contributed by atoms with E-state index in [1.54, 1.807) is 25.1 Å². The molecule has 1 N–H and O–H groups in total. The summed E-state index contributed by atoms with van der Waals surface area (Å²) in [5.74, 6) is -0.383. The smallest absolute Gasteiger partial charge is 0.265 e. The second-order valence-corrected chi connectivity index (χ2v) is 7.24. The summed E-state index contributed by atoms with van der Waals surface area (Å²) in [6.07, 6.45) is 3.29. The Hall–Kier alpha value is -3.02. The number of carbonyl (C=O) groups excluding carboxylic acids is 1. The molecule has 29 heavy (non-hydrogen) atoms. The van der Waals surface area contributed by atoms with Gasteiger partial charge in [0.25, 0.3) is 5.56 Å². The van der Waals surface area contributed by atoms with Crippen LogP contribution in [0.2, 0.25) is 0 Å². The molecule has 152 valence electrons. The highest BCUT2D eigenvalue weighted by atomic mass is 19.1. The lowest BCUT2D eigenvalue weighted by molar-refractivity contribution is -0.120. The Kier molecular flexibility index (Phi) is 6.42. The zero-order valence-electron chi connectivity index (χ0n) is 17.0. The van der Waals surface area contributed by atoms with E-state index in [0.29, 0.717) is 22.4 Å². The number of anilines is 1. The molecule has 6 heteroatoms. The molecule has 3 aromatic rings. The van der Waals surface area contributed by atoms with Crippen molar-refractivity contribution in [1.82, 2.24) is 9.55 Å². The lowest BCUT2D eigenvalue weighted by Gasteiger charge is -2.17. The molecule has 0 radical (unpaired) electrons. The van der Waals surface area contributed by atoms with Crippen LogP contribution in [-0.4, -0.2) is 15.5 Å². The molecule has 0 fully saturated rings. The Morgan fingerprint density at radius 1 is 1.14 bits per heavy atom. The van der Waals surface area contributed by atoms with Crippen LogP contribution in [0.1, 0.15) is 45.4 Å². The number of fused-ring (bicyclic) bond motifs is 1. The molecule has 1 heterocycles. The van der Waals surface area contributed by atoms with E-state index in [4.69, 9.17) is 0 Å². The first-order chi connectivity index (χ1) is 14.0. The van der Waals surface area contributed by atoms with Gasteiger partial charge in [-0.25, -0.2) is 9.37 Å². The summed E-state index contributed by atoms with van der Waals surface area (Å²) < 4.78 is 15.9. The largest absolute Gasteiger partial charge is 0.323 e. The van der Waals surface area contributed by atoms with Gasteiger partial charge in [-0.3, -0.25) is 14.2 Å². The number of hydrogen-bond acceptors (Lipinski definition) is 3. The molecule has 0 saturated heterocycles. The number of para-hydroxylation sites is 1. The summed E-state index contributed by atoms with van der Waals surface area (Å²) in [6, 6.07) is 11.4. The van der Waals surface area contributed by atoms with Crippen molar-refractivity contribution < 1.29 is 9.18 Å². The van der Waals surface area contributed by atoms with Crippen LogP contribution in [0.3, 0.4) is 0 Å². The average molecular weight is 395 g/mol. The molecule has 2 aromatic carbocycles. The maximum Gasteiger partial charge on any atom is 0.265 e. The number of benzene rings is 2. The number of aryl methyl sites for hydroxylation is 1. The predicted octanol–water partition coefficient (Wildman–Crippen LogP) is 4.99. The van der Waals surface area contributed by atoms with Gasteiger partial charge < -0.3 is 5.32 Å². The lowest BCUT2D eigenvalue weighted by Crippen LogP contribution is -2.24. The fourth-order valence-corrected chi connectivity index (χ4v) is 3.63. The maximum atomic E-state index is 14.4. The highest BCUT2D eigenvalue weighted by Crippen LogP contribution is 2.22. The molecule has 5 nitrogen and oxygen atoms in total. The molecule has 0 aliphatic carbocycles. The molecule has 1 amide bonds. The van der Waals surface area contributed by atoms with E-state index in [-0.39, 0.29) is 23.1 Å². The standard InChI is InChI=1S/C23H26FN3O2/c1-4-8-16(9-5-2)22(28)26-21-14-17(12-13-19(21)24)27-15(3)25-20-11-7-6-10-18(20)23(27)29/h6-7,10-14,16H,4-5,8-9H2,1-3H3,(H,26,28). The monoisotopic (exact) mass is 395 g/mol. The number of amides is 1. The van der Waals surface area contributed by atoms with Gasteiger partial charge >= 0.3 is 0 Å². The first kappa shape index (κ1) is 20.7. The van der Waals surface area contributed by atoms with E-state index >= 15 is 0 Å². The molecule has 0 saturated carbocycles. The summed E-state index contributed by atoms with van der Waals surface area (Å²) in [7, 11) is 0. The molecule has 0 aliphatic rings. The van der Waals surface area contributed by atoms with Crippen LogP contribution in [-0.2, 0) is 4.79 Å². The third kappa shape index (κ3) is 4.36. The number of rotatable bonds is 7. The van der Waals surface area contributed by atoms with Gasteiger partial charge in [-0.15, -0.1) is 0 Å². The van der Waals surface area contributed by atoms with Gasteiger partial charge in [-0.05, 0) is 50.1 Å². The van der Waals surface area contributed by atoms with Crippen molar-refractivity contribution in [1.29, 1.82) is 0 Å². The van der Waals surface area contributed by atoms with Gasteiger partial charge in [0.15, 0.2) is 0 Å². The average Bonchev–Trinajstić information content (AvgIpc) is 2.70. The number of halogens is 1. The Morgan fingerprint density at radius 2 is 1.83 bits per heavy atom. The quantitative estimate of drug-likeness (QED) is 0.613. The molecule has 3 rings (SSSR count).